The van der Waals surface area contributed by atoms with Gasteiger partial charge in [0.05, 0.1) is 5.71 Å². The molecule has 3 aliphatic rings. The summed E-state index contributed by atoms with van der Waals surface area (Å²) in [5, 5.41) is 0. The van der Waals surface area contributed by atoms with E-state index in [9.17, 15) is 9.46 Å². The van der Waals surface area contributed by atoms with Gasteiger partial charge in [0.15, 0.2) is 11.5 Å². The Balaban J connectivity index is 1.40. The molecule has 1 aromatic heterocycles. The molecular weight excluding hydrogens is 423 g/mol. The molecule has 0 aromatic carbocycles. The van der Waals surface area contributed by atoms with Gasteiger partial charge in [0.1, 0.15) is 11.9 Å². The lowest BCUT2D eigenvalue weighted by atomic mass is 9.73. The Hall–Kier alpha value is -1.98. The van der Waals surface area contributed by atoms with E-state index >= 15 is 0 Å². The Morgan fingerprint density at radius 1 is 1.25 bits per heavy atom. The van der Waals surface area contributed by atoms with E-state index in [0.29, 0.717) is 41.3 Å². The van der Waals surface area contributed by atoms with Crippen molar-refractivity contribution in [2.45, 2.75) is 71.1 Å². The third-order valence-corrected chi connectivity index (χ3v) is 9.85. The molecule has 32 heavy (non-hydrogen) atoms. The molecule has 0 bridgehead atoms. The van der Waals surface area contributed by atoms with Crippen LogP contribution >= 0.6 is 7.37 Å². The number of aliphatic imine (C=N–C) groups is 1. The van der Waals surface area contributed by atoms with E-state index in [1.807, 2.05) is 27.7 Å². The van der Waals surface area contributed by atoms with Gasteiger partial charge in [-0.2, -0.15) is 4.98 Å². The Morgan fingerprint density at radius 2 is 1.97 bits per heavy atom. The standard InChI is InChI=1S/C24H35N4O3P/c1-15(2)32(29,30)13-16-5-7-17(8-6-16)18-9-11-19(12-10-18)21-24(3,4)31-23-20(28-21)22(25)26-14-27-23/h9,11-12,14-18H,5-8,10,13H2,1-4H3,(H,29,30)(H2,25,26,27). The van der Waals surface area contributed by atoms with Gasteiger partial charge in [-0.25, -0.2) is 9.98 Å². The predicted molar refractivity (Wildman–Crippen MR) is 129 cm³/mol. The van der Waals surface area contributed by atoms with Gasteiger partial charge in [0, 0.05) is 11.8 Å². The van der Waals surface area contributed by atoms with Crippen molar-refractivity contribution >= 4 is 24.6 Å². The highest BCUT2D eigenvalue weighted by molar-refractivity contribution is 7.58. The third-order valence-electron chi connectivity index (χ3n) is 7.19. The molecule has 1 aromatic rings. The molecule has 0 spiro atoms. The highest BCUT2D eigenvalue weighted by Gasteiger charge is 2.37. The normalized spacial score (nSPS) is 28.9. The minimum Gasteiger partial charge on any atom is -0.463 e. The second-order valence-electron chi connectivity index (χ2n) is 10.2. The van der Waals surface area contributed by atoms with Crippen molar-refractivity contribution < 1.29 is 14.2 Å². The van der Waals surface area contributed by atoms with E-state index in [2.05, 4.69) is 28.2 Å². The number of nitrogen functional groups attached to an aromatic ring is 1. The number of ether oxygens (including phenoxy) is 1. The first kappa shape index (κ1) is 23.2. The summed E-state index contributed by atoms with van der Waals surface area (Å²) in [7, 11) is -3.01. The van der Waals surface area contributed by atoms with E-state index in [4.69, 9.17) is 15.5 Å². The van der Waals surface area contributed by atoms with Gasteiger partial charge in [-0.05, 0) is 69.3 Å². The van der Waals surface area contributed by atoms with Crippen LogP contribution in [0.15, 0.2) is 35.1 Å². The molecule has 2 aliphatic carbocycles. The minimum atomic E-state index is -3.01. The summed E-state index contributed by atoms with van der Waals surface area (Å²) < 4.78 is 18.5. The zero-order valence-corrected chi connectivity index (χ0v) is 20.4. The van der Waals surface area contributed by atoms with Gasteiger partial charge in [0.2, 0.25) is 13.2 Å². The van der Waals surface area contributed by atoms with Crippen LogP contribution in [0.3, 0.4) is 0 Å². The summed E-state index contributed by atoms with van der Waals surface area (Å²) in [5.41, 5.74) is 7.65. The largest absolute Gasteiger partial charge is 0.463 e. The van der Waals surface area contributed by atoms with Crippen LogP contribution in [-0.4, -0.2) is 38.0 Å². The molecule has 1 saturated carbocycles. The van der Waals surface area contributed by atoms with Gasteiger partial charge >= 0.3 is 0 Å². The lowest BCUT2D eigenvalue weighted by Gasteiger charge is -2.36. The van der Waals surface area contributed by atoms with Gasteiger partial charge in [-0.1, -0.05) is 32.1 Å². The fourth-order valence-electron chi connectivity index (χ4n) is 5.05. The van der Waals surface area contributed by atoms with Crippen molar-refractivity contribution in [3.8, 4) is 5.88 Å². The van der Waals surface area contributed by atoms with Crippen LogP contribution in [0.2, 0.25) is 0 Å². The van der Waals surface area contributed by atoms with E-state index < -0.39 is 13.0 Å². The number of nitrogens with two attached hydrogens (primary N) is 1. The molecule has 2 heterocycles. The Morgan fingerprint density at radius 3 is 2.59 bits per heavy atom. The molecule has 0 amide bonds. The van der Waals surface area contributed by atoms with E-state index in [1.54, 1.807) is 0 Å². The lowest BCUT2D eigenvalue weighted by molar-refractivity contribution is 0.171. The van der Waals surface area contributed by atoms with Crippen LogP contribution in [0.5, 0.6) is 5.88 Å². The number of rotatable bonds is 5. The maximum Gasteiger partial charge on any atom is 0.246 e. The number of allylic oxidation sites excluding steroid dienone is 3. The molecular formula is C24H35N4O3P. The smallest absolute Gasteiger partial charge is 0.246 e. The number of anilines is 1. The van der Waals surface area contributed by atoms with Gasteiger partial charge < -0.3 is 15.4 Å². The molecule has 2 unspecified atom stereocenters. The summed E-state index contributed by atoms with van der Waals surface area (Å²) in [4.78, 5) is 23.2. The minimum absolute atomic E-state index is 0.144. The molecule has 174 valence electrons. The molecule has 1 aliphatic heterocycles. The zero-order valence-electron chi connectivity index (χ0n) is 19.5. The molecule has 4 rings (SSSR count). The van der Waals surface area contributed by atoms with Crippen LogP contribution in [0, 0.1) is 17.8 Å². The molecule has 3 N–H and O–H groups in total. The monoisotopic (exact) mass is 458 g/mol. The number of aromatic nitrogens is 2. The third kappa shape index (κ3) is 4.69. The van der Waals surface area contributed by atoms with Crippen molar-refractivity contribution in [2.24, 2.45) is 22.7 Å². The van der Waals surface area contributed by atoms with E-state index in [0.717, 1.165) is 43.4 Å². The van der Waals surface area contributed by atoms with Crippen molar-refractivity contribution in [3.63, 3.8) is 0 Å². The van der Waals surface area contributed by atoms with Crippen LogP contribution < -0.4 is 10.5 Å². The summed E-state index contributed by atoms with van der Waals surface area (Å²) >= 11 is 0. The van der Waals surface area contributed by atoms with Crippen LogP contribution in [0.4, 0.5) is 11.5 Å². The van der Waals surface area contributed by atoms with E-state index in [-0.39, 0.29) is 5.66 Å². The van der Waals surface area contributed by atoms with Crippen molar-refractivity contribution in [2.75, 3.05) is 11.9 Å². The summed E-state index contributed by atoms with van der Waals surface area (Å²) in [6.07, 6.45) is 13.9. The number of hydrogen-bond donors (Lipinski definition) is 2. The van der Waals surface area contributed by atoms with Gasteiger partial charge in [-0.15, -0.1) is 0 Å². The second kappa shape index (κ2) is 8.75. The molecule has 0 radical (unpaired) electrons. The van der Waals surface area contributed by atoms with Crippen molar-refractivity contribution in [3.05, 3.63) is 30.1 Å². The van der Waals surface area contributed by atoms with Crippen LogP contribution in [-0.2, 0) is 4.57 Å². The summed E-state index contributed by atoms with van der Waals surface area (Å²) in [6.45, 7) is 7.69. The predicted octanol–water partition coefficient (Wildman–Crippen LogP) is 5.29. The van der Waals surface area contributed by atoms with Crippen molar-refractivity contribution in [1.82, 2.24) is 9.97 Å². The number of nitrogens with zero attached hydrogens (tertiary/aromatic N) is 3. The summed E-state index contributed by atoms with van der Waals surface area (Å²) in [5.74, 6) is 2.25. The molecule has 8 heteroatoms. The van der Waals surface area contributed by atoms with Crippen molar-refractivity contribution in [1.29, 1.82) is 0 Å². The molecule has 1 fully saturated rings. The summed E-state index contributed by atoms with van der Waals surface area (Å²) in [6, 6.07) is 0. The lowest BCUT2D eigenvalue weighted by Crippen LogP contribution is -2.41. The number of fused-ring (bicyclic) bond motifs is 1. The van der Waals surface area contributed by atoms with E-state index in [1.165, 1.54) is 6.33 Å². The molecule has 0 saturated heterocycles. The Bertz CT molecular complexity index is 1010. The van der Waals surface area contributed by atoms with Crippen LogP contribution in [0.25, 0.3) is 0 Å². The maximum atomic E-state index is 12.4. The SMILES string of the molecule is CC(C)P(=O)(O)CC1CCC(C2C=CC(C3=Nc4c(N)ncnc4OC3(C)C)=CC2)CC1. The first-order valence-corrected chi connectivity index (χ1v) is 13.6. The van der Waals surface area contributed by atoms with Gasteiger partial charge in [-0.3, -0.25) is 4.57 Å². The first-order valence-electron chi connectivity index (χ1n) is 11.7. The average molecular weight is 459 g/mol. The second-order valence-corrected chi connectivity index (χ2v) is 13.1. The fraction of sp³-hybridized carbons (Fsp3) is 0.625. The Kier molecular flexibility index (Phi) is 6.34. The molecule has 7 nitrogen and oxygen atoms in total. The fourth-order valence-corrected chi connectivity index (χ4v) is 6.57. The Labute approximate surface area is 190 Å². The topological polar surface area (TPSA) is 111 Å². The average Bonchev–Trinajstić information content (AvgIpc) is 2.73. The quantitative estimate of drug-likeness (QED) is 0.580. The zero-order chi connectivity index (χ0) is 23.1. The van der Waals surface area contributed by atoms with Crippen LogP contribution in [0.1, 0.15) is 59.8 Å². The highest BCUT2D eigenvalue weighted by Crippen LogP contribution is 2.50. The van der Waals surface area contributed by atoms with Gasteiger partial charge in [0.25, 0.3) is 0 Å². The number of hydrogen-bond acceptors (Lipinski definition) is 6. The first-order chi connectivity index (χ1) is 15.1. The molecule has 2 atom stereocenters. The highest BCUT2D eigenvalue weighted by atomic mass is 31.2. The maximum absolute atomic E-state index is 12.4.